The van der Waals surface area contributed by atoms with Crippen molar-refractivity contribution in [2.75, 3.05) is 6.54 Å². The smallest absolute Gasteiger partial charge is 0.404 e. The number of nitrogens with zero attached hydrogens (tertiary/aromatic N) is 5. The van der Waals surface area contributed by atoms with Gasteiger partial charge in [-0.25, -0.2) is 9.97 Å². The van der Waals surface area contributed by atoms with Crippen LogP contribution in [0, 0.1) is 18.3 Å². The van der Waals surface area contributed by atoms with Gasteiger partial charge in [0.2, 0.25) is 0 Å². The molecule has 1 atom stereocenters. The van der Waals surface area contributed by atoms with Crippen LogP contribution in [-0.2, 0) is 0 Å². The van der Waals surface area contributed by atoms with E-state index in [1.54, 1.807) is 6.07 Å². The first kappa shape index (κ1) is 22.0. The molecule has 3 N–H and O–H groups in total. The lowest BCUT2D eigenvalue weighted by atomic mass is 10.0. The summed E-state index contributed by atoms with van der Waals surface area (Å²) in [5.41, 5.74) is 9.57. The summed E-state index contributed by atoms with van der Waals surface area (Å²) in [6.07, 6.45) is -1.42. The van der Waals surface area contributed by atoms with Crippen LogP contribution in [-0.4, -0.2) is 44.5 Å². The number of imidazole rings is 1. The lowest BCUT2D eigenvalue weighted by molar-refractivity contribution is -0.204. The number of fused-ring (bicyclic) bond motifs is 1. The van der Waals surface area contributed by atoms with Gasteiger partial charge in [0.05, 0.1) is 11.4 Å². The van der Waals surface area contributed by atoms with Gasteiger partial charge in [0, 0.05) is 54.5 Å². The molecule has 0 spiro atoms. The van der Waals surface area contributed by atoms with Crippen molar-refractivity contribution in [1.29, 1.82) is 5.26 Å². The molecule has 3 rings (SSSR count). The predicted octanol–water partition coefficient (Wildman–Crippen LogP) is 3.26. The molecule has 7 nitrogen and oxygen atoms in total. The third-order valence-corrected chi connectivity index (χ3v) is 4.49. The third-order valence-electron chi connectivity index (χ3n) is 4.49. The second-order valence-corrected chi connectivity index (χ2v) is 6.77. The Labute approximate surface area is 176 Å². The average Bonchev–Trinajstić information content (AvgIpc) is 3.11. The zero-order chi connectivity index (χ0) is 22.6. The number of alkyl halides is 3. The molecule has 0 aromatic carbocycles. The Balaban J connectivity index is 1.94. The lowest BCUT2D eigenvalue weighted by Gasteiger charge is -2.13. The molecule has 10 heteroatoms. The van der Waals surface area contributed by atoms with Crippen LogP contribution in [0.5, 0.6) is 0 Å². The van der Waals surface area contributed by atoms with Crippen molar-refractivity contribution in [1.82, 2.24) is 14.4 Å². The highest BCUT2D eigenvalue weighted by atomic mass is 19.4. The van der Waals surface area contributed by atoms with Crippen LogP contribution in [0.15, 0.2) is 47.9 Å². The van der Waals surface area contributed by atoms with Gasteiger partial charge < -0.3 is 15.2 Å². The molecule has 1 unspecified atom stereocenters. The summed E-state index contributed by atoms with van der Waals surface area (Å²) in [5, 5.41) is 18.3. The van der Waals surface area contributed by atoms with E-state index in [2.05, 4.69) is 15.0 Å². The Bertz CT molecular complexity index is 1190. The monoisotopic (exact) mass is 428 g/mol. The van der Waals surface area contributed by atoms with Gasteiger partial charge >= 0.3 is 6.18 Å². The molecule has 0 aliphatic rings. The number of allylic oxidation sites excluding steroid dienone is 1. The van der Waals surface area contributed by atoms with E-state index < -0.39 is 18.7 Å². The first-order chi connectivity index (χ1) is 14.7. The van der Waals surface area contributed by atoms with E-state index in [1.807, 2.05) is 41.9 Å². The van der Waals surface area contributed by atoms with Gasteiger partial charge in [-0.05, 0) is 31.2 Å². The van der Waals surface area contributed by atoms with E-state index in [0.29, 0.717) is 28.0 Å². The average molecular weight is 428 g/mol. The molecule has 0 saturated heterocycles. The van der Waals surface area contributed by atoms with Crippen molar-refractivity contribution < 1.29 is 18.3 Å². The number of aliphatic imine (C=N–C) groups is 1. The number of hydrogen-bond acceptors (Lipinski definition) is 6. The van der Waals surface area contributed by atoms with Crippen LogP contribution < -0.4 is 5.73 Å². The number of aromatic nitrogens is 3. The molecular weight excluding hydrogens is 409 g/mol. The van der Waals surface area contributed by atoms with Gasteiger partial charge in [-0.2, -0.15) is 18.4 Å². The van der Waals surface area contributed by atoms with E-state index >= 15 is 0 Å². The SMILES string of the molecule is Cc1cn2ccc(-c3nc(C#N)ccc3C(C=NCCC(O)C(F)(F)F)=CN)cc2n1. The van der Waals surface area contributed by atoms with E-state index in [9.17, 15) is 18.4 Å². The Kier molecular flexibility index (Phi) is 6.36. The summed E-state index contributed by atoms with van der Waals surface area (Å²) < 4.78 is 39.1. The summed E-state index contributed by atoms with van der Waals surface area (Å²) in [6.45, 7) is 1.63. The van der Waals surface area contributed by atoms with Crippen molar-refractivity contribution >= 4 is 17.4 Å². The van der Waals surface area contributed by atoms with Crippen LogP contribution >= 0.6 is 0 Å². The fourth-order valence-electron chi connectivity index (χ4n) is 2.96. The number of hydrogen-bond donors (Lipinski definition) is 2. The van der Waals surface area contributed by atoms with Crippen LogP contribution in [0.25, 0.3) is 22.5 Å². The minimum absolute atomic E-state index is 0.194. The molecule has 0 aliphatic heterocycles. The van der Waals surface area contributed by atoms with Crippen molar-refractivity contribution in [3.63, 3.8) is 0 Å². The molecule has 0 fully saturated rings. The fourth-order valence-corrected chi connectivity index (χ4v) is 2.96. The highest BCUT2D eigenvalue weighted by Crippen LogP contribution is 2.28. The van der Waals surface area contributed by atoms with Crippen LogP contribution in [0.3, 0.4) is 0 Å². The standard InChI is InChI=1S/C21H19F3N6O/c1-13-12-30-7-5-14(8-19(30)28-13)20-17(3-2-16(10-26)29-20)15(9-25)11-27-6-4-18(31)21(22,23)24/h2-3,5,7-9,11-12,18,31H,4,6,25H2,1H3. The Morgan fingerprint density at radius 2 is 2.13 bits per heavy atom. The van der Waals surface area contributed by atoms with Gasteiger partial charge in [-0.1, -0.05) is 0 Å². The van der Waals surface area contributed by atoms with Crippen molar-refractivity contribution in [3.05, 3.63) is 59.8 Å². The largest absolute Gasteiger partial charge is 0.414 e. The molecule has 160 valence electrons. The van der Waals surface area contributed by atoms with Crippen molar-refractivity contribution in [2.45, 2.75) is 25.6 Å². The summed E-state index contributed by atoms with van der Waals surface area (Å²) in [6, 6.07) is 8.78. The Morgan fingerprint density at radius 1 is 1.35 bits per heavy atom. The summed E-state index contributed by atoms with van der Waals surface area (Å²) in [5.74, 6) is 0. The summed E-state index contributed by atoms with van der Waals surface area (Å²) in [7, 11) is 0. The minimum Gasteiger partial charge on any atom is -0.404 e. The zero-order valence-electron chi connectivity index (χ0n) is 16.5. The predicted molar refractivity (Wildman–Crippen MR) is 110 cm³/mol. The highest BCUT2D eigenvalue weighted by molar-refractivity contribution is 6.11. The molecule has 3 heterocycles. The number of halogens is 3. The topological polar surface area (TPSA) is 113 Å². The van der Waals surface area contributed by atoms with E-state index in [1.165, 1.54) is 18.5 Å². The van der Waals surface area contributed by atoms with Gasteiger partial charge in [-0.3, -0.25) is 4.99 Å². The third kappa shape index (κ3) is 5.07. The second-order valence-electron chi connectivity index (χ2n) is 6.77. The quantitative estimate of drug-likeness (QED) is 0.585. The maximum Gasteiger partial charge on any atom is 0.414 e. The molecule has 0 radical (unpaired) electrons. The second kappa shape index (κ2) is 8.97. The maximum atomic E-state index is 12.4. The van der Waals surface area contributed by atoms with Crippen LogP contribution in [0.4, 0.5) is 13.2 Å². The Morgan fingerprint density at radius 3 is 2.81 bits per heavy atom. The van der Waals surface area contributed by atoms with Gasteiger partial charge in [0.25, 0.3) is 0 Å². The normalized spacial score (nSPS) is 13.6. The number of rotatable bonds is 6. The van der Waals surface area contributed by atoms with Crippen LogP contribution in [0.2, 0.25) is 0 Å². The number of nitrogens with two attached hydrogens (primary N) is 1. The number of aryl methyl sites for hydroxylation is 1. The highest BCUT2D eigenvalue weighted by Gasteiger charge is 2.37. The molecule has 0 saturated carbocycles. The summed E-state index contributed by atoms with van der Waals surface area (Å²) >= 11 is 0. The van der Waals surface area contributed by atoms with Gasteiger partial charge in [0.1, 0.15) is 17.4 Å². The van der Waals surface area contributed by atoms with E-state index in [-0.39, 0.29) is 12.2 Å². The molecule has 3 aromatic rings. The molecule has 3 aromatic heterocycles. The van der Waals surface area contributed by atoms with Gasteiger partial charge in [0.15, 0.2) is 6.10 Å². The van der Waals surface area contributed by atoms with Crippen molar-refractivity contribution in [3.8, 4) is 17.3 Å². The zero-order valence-corrected chi connectivity index (χ0v) is 16.5. The van der Waals surface area contributed by atoms with Gasteiger partial charge in [-0.15, -0.1) is 0 Å². The molecule has 31 heavy (non-hydrogen) atoms. The fraction of sp³-hybridized carbons (Fsp3) is 0.238. The molecule has 0 bridgehead atoms. The van der Waals surface area contributed by atoms with E-state index in [4.69, 9.17) is 10.8 Å². The number of pyridine rings is 2. The first-order valence-corrected chi connectivity index (χ1v) is 9.26. The Hall–Kier alpha value is -3.71. The lowest BCUT2D eigenvalue weighted by Crippen LogP contribution is -2.29. The first-order valence-electron chi connectivity index (χ1n) is 9.26. The van der Waals surface area contributed by atoms with Crippen LogP contribution in [0.1, 0.15) is 23.4 Å². The molecule has 0 amide bonds. The minimum atomic E-state index is -4.68. The van der Waals surface area contributed by atoms with E-state index in [0.717, 1.165) is 5.69 Å². The number of aliphatic hydroxyl groups excluding tert-OH is 1. The summed E-state index contributed by atoms with van der Waals surface area (Å²) in [4.78, 5) is 12.8. The molecule has 0 aliphatic carbocycles. The molecular formula is C21H19F3N6O. The maximum absolute atomic E-state index is 12.4. The number of nitriles is 1. The number of aliphatic hydroxyl groups is 1. The van der Waals surface area contributed by atoms with Crippen molar-refractivity contribution in [2.24, 2.45) is 10.7 Å².